The Morgan fingerprint density at radius 3 is 2.82 bits per heavy atom. The maximum atomic E-state index is 5.55. The first-order valence-corrected chi connectivity index (χ1v) is 9.67. The first-order valence-electron chi connectivity index (χ1n) is 3.83. The van der Waals surface area contributed by atoms with Crippen molar-refractivity contribution < 1.29 is 4.12 Å². The highest BCUT2D eigenvalue weighted by molar-refractivity contribution is 6.77. The summed E-state index contributed by atoms with van der Waals surface area (Å²) in [7, 11) is -0.202. The molecule has 0 atom stereocenters. The van der Waals surface area contributed by atoms with Crippen LogP contribution in [-0.4, -0.2) is 38.4 Å². The molecule has 0 aromatic heterocycles. The van der Waals surface area contributed by atoms with E-state index < -0.39 is 9.04 Å². The lowest BCUT2D eigenvalue weighted by Crippen LogP contribution is -2.07. The van der Waals surface area contributed by atoms with Gasteiger partial charge < -0.3 is 4.12 Å². The summed E-state index contributed by atoms with van der Waals surface area (Å²) in [5.74, 6) is 0. The third-order valence-corrected chi connectivity index (χ3v) is 5.75. The standard InChI is InChI=1S/C6H15ClOSi3/c1-11(2)8-10-5-3-4-9-6-7/h5-6,9-11H,3-4H2,1-2H3/b9-6+,10-5+. The van der Waals surface area contributed by atoms with Crippen LogP contribution < -0.4 is 0 Å². The molecule has 0 aliphatic carbocycles. The van der Waals surface area contributed by atoms with Crippen molar-refractivity contribution in [2.75, 3.05) is 0 Å². The van der Waals surface area contributed by atoms with Crippen molar-refractivity contribution in [1.29, 1.82) is 0 Å². The van der Waals surface area contributed by atoms with Gasteiger partial charge in [-0.2, -0.15) is 0 Å². The second-order valence-corrected chi connectivity index (χ2v) is 8.48. The summed E-state index contributed by atoms with van der Waals surface area (Å²) >= 11 is 5.45. The predicted molar refractivity (Wildman–Crippen MR) is 61.7 cm³/mol. The fraction of sp³-hybridized carbons (Fsp3) is 0.667. The summed E-state index contributed by atoms with van der Waals surface area (Å²) in [4.78, 5) is 0. The van der Waals surface area contributed by atoms with Crippen molar-refractivity contribution in [2.45, 2.75) is 25.6 Å². The van der Waals surface area contributed by atoms with E-state index in [0.717, 1.165) is 0 Å². The fourth-order valence-electron chi connectivity index (χ4n) is 0.536. The predicted octanol–water partition coefficient (Wildman–Crippen LogP) is 0.383. The largest absolute Gasteiger partial charge is 0.609 e. The van der Waals surface area contributed by atoms with E-state index in [1.807, 2.05) is 0 Å². The number of rotatable bonds is 5. The quantitative estimate of drug-likeness (QED) is 0.483. The molecule has 0 aromatic carbocycles. The first kappa shape index (κ1) is 11.5. The van der Waals surface area contributed by atoms with Crippen LogP contribution in [0.15, 0.2) is 0 Å². The zero-order valence-corrected chi connectivity index (χ0v) is 11.3. The van der Waals surface area contributed by atoms with Gasteiger partial charge in [-0.05, 0) is 30.7 Å². The Morgan fingerprint density at radius 1 is 1.55 bits per heavy atom. The molecule has 0 aromatic rings. The molecule has 0 bridgehead atoms. The zero-order valence-electron chi connectivity index (χ0n) is 7.09. The minimum absolute atomic E-state index is 0.173. The van der Waals surface area contributed by atoms with E-state index >= 15 is 0 Å². The second kappa shape index (κ2) is 8.58. The molecule has 0 saturated heterocycles. The van der Waals surface area contributed by atoms with Gasteiger partial charge >= 0.3 is 0 Å². The molecule has 11 heavy (non-hydrogen) atoms. The van der Waals surface area contributed by atoms with Crippen molar-refractivity contribution in [2.24, 2.45) is 0 Å². The van der Waals surface area contributed by atoms with Gasteiger partial charge in [0.25, 0.3) is 0 Å². The Hall–Kier alpha value is 0.481. The summed E-state index contributed by atoms with van der Waals surface area (Å²) in [5.41, 5.74) is 2.29. The molecule has 0 heterocycles. The van der Waals surface area contributed by atoms with Crippen molar-refractivity contribution in [3.8, 4) is 0 Å². The van der Waals surface area contributed by atoms with Crippen molar-refractivity contribution in [3.05, 3.63) is 0 Å². The normalized spacial score (nSPS) is 12.0. The van der Waals surface area contributed by atoms with Crippen molar-refractivity contribution in [3.63, 3.8) is 0 Å². The molecule has 64 valence electrons. The molecule has 0 amide bonds. The Labute approximate surface area is 79.8 Å². The first-order chi connectivity index (χ1) is 5.27. The molecular formula is C6H15ClOSi3. The molecule has 5 heteroatoms. The maximum Gasteiger partial charge on any atom is 0.209 e. The molecular weight excluding hydrogens is 208 g/mol. The molecule has 0 N–H and O–H groups in total. The Balaban J connectivity index is 3.16. The van der Waals surface area contributed by atoms with E-state index in [2.05, 4.69) is 18.8 Å². The van der Waals surface area contributed by atoms with Crippen LogP contribution in [-0.2, 0) is 4.12 Å². The van der Waals surface area contributed by atoms with Crippen molar-refractivity contribution in [1.82, 2.24) is 0 Å². The molecule has 0 saturated carbocycles. The minimum atomic E-state index is -0.751. The van der Waals surface area contributed by atoms with Gasteiger partial charge in [0.15, 0.2) is 9.38 Å². The second-order valence-electron chi connectivity index (χ2n) is 2.50. The highest BCUT2D eigenvalue weighted by Gasteiger charge is 1.87. The third kappa shape index (κ3) is 10.5. The van der Waals surface area contributed by atoms with Crippen LogP contribution in [0.25, 0.3) is 0 Å². The van der Waals surface area contributed by atoms with Crippen LogP contribution >= 0.6 is 11.6 Å². The fourth-order valence-corrected chi connectivity index (χ4v) is 3.84. The van der Waals surface area contributed by atoms with Gasteiger partial charge in [-0.3, -0.25) is 0 Å². The molecule has 1 nitrogen and oxygen atoms in total. The average Bonchev–Trinajstić information content (AvgIpc) is 1.96. The smallest absolute Gasteiger partial charge is 0.209 e. The Kier molecular flexibility index (Phi) is 8.95. The molecule has 0 radical (unpaired) electrons. The van der Waals surface area contributed by atoms with E-state index in [-0.39, 0.29) is 9.38 Å². The molecule has 0 aliphatic heterocycles. The van der Waals surface area contributed by atoms with Crippen LogP contribution in [0.4, 0.5) is 0 Å². The Bertz CT molecular complexity index is 136. The Morgan fingerprint density at radius 2 is 2.27 bits per heavy atom. The van der Waals surface area contributed by atoms with Gasteiger partial charge in [0, 0.05) is 9.13 Å². The van der Waals surface area contributed by atoms with Crippen LogP contribution in [0.3, 0.4) is 0 Å². The average molecular weight is 223 g/mol. The number of hydrogen-bond acceptors (Lipinski definition) is 1. The maximum absolute atomic E-state index is 5.55. The summed E-state index contributed by atoms with van der Waals surface area (Å²) in [6, 6.07) is 1.25. The zero-order chi connectivity index (χ0) is 8.53. The molecule has 0 spiro atoms. The van der Waals surface area contributed by atoms with E-state index in [1.54, 1.807) is 5.13 Å². The van der Waals surface area contributed by atoms with Crippen LogP contribution in [0, 0.1) is 0 Å². The number of halogens is 1. The van der Waals surface area contributed by atoms with Gasteiger partial charge in [0.1, 0.15) is 0 Å². The molecule has 0 aliphatic rings. The van der Waals surface area contributed by atoms with Crippen LogP contribution in [0.1, 0.15) is 6.42 Å². The van der Waals surface area contributed by atoms with E-state index in [9.17, 15) is 0 Å². The lowest BCUT2D eigenvalue weighted by Gasteiger charge is -2.01. The highest BCUT2D eigenvalue weighted by atomic mass is 35.5. The topological polar surface area (TPSA) is 9.23 Å². The summed E-state index contributed by atoms with van der Waals surface area (Å²) in [6.07, 6.45) is 1.19. The van der Waals surface area contributed by atoms with Gasteiger partial charge in [-0.15, -0.1) is 0 Å². The summed E-state index contributed by atoms with van der Waals surface area (Å²) in [6.45, 7) is 4.41. The van der Waals surface area contributed by atoms with Crippen molar-refractivity contribution >= 4 is 50.0 Å². The van der Waals surface area contributed by atoms with Gasteiger partial charge in [0.2, 0.25) is 9.04 Å². The third-order valence-electron chi connectivity index (χ3n) is 1.04. The molecule has 0 rings (SSSR count). The van der Waals surface area contributed by atoms with Gasteiger partial charge in [-0.25, -0.2) is 0 Å². The monoisotopic (exact) mass is 222 g/mol. The van der Waals surface area contributed by atoms with E-state index in [4.69, 9.17) is 15.7 Å². The summed E-state index contributed by atoms with van der Waals surface area (Å²) in [5, 5.41) is 1.78. The van der Waals surface area contributed by atoms with Crippen LogP contribution in [0.5, 0.6) is 0 Å². The van der Waals surface area contributed by atoms with Gasteiger partial charge in [-0.1, -0.05) is 17.3 Å². The lowest BCUT2D eigenvalue weighted by molar-refractivity contribution is 0.643. The van der Waals surface area contributed by atoms with Gasteiger partial charge in [0.05, 0.1) is 0 Å². The minimum Gasteiger partial charge on any atom is -0.609 e. The summed E-state index contributed by atoms with van der Waals surface area (Å²) < 4.78 is 5.55. The van der Waals surface area contributed by atoms with E-state index in [1.165, 1.54) is 12.5 Å². The highest BCUT2D eigenvalue weighted by Crippen LogP contribution is 1.80. The lowest BCUT2D eigenvalue weighted by atomic mass is 10.6. The molecule has 0 fully saturated rings. The SMILES string of the molecule is C[SiH](C)O/[SiH]=C/CC/[SiH]=C/Cl. The van der Waals surface area contributed by atoms with Crippen LogP contribution in [0.2, 0.25) is 19.1 Å². The van der Waals surface area contributed by atoms with E-state index in [0.29, 0.717) is 9.13 Å². The molecule has 0 unspecified atom stereocenters. The number of hydrogen-bond donors (Lipinski definition) is 0.